The van der Waals surface area contributed by atoms with Crippen molar-refractivity contribution in [3.63, 3.8) is 0 Å². The van der Waals surface area contributed by atoms with E-state index >= 15 is 0 Å². The lowest BCUT2D eigenvalue weighted by atomic mass is 9.69. The van der Waals surface area contributed by atoms with Gasteiger partial charge in [-0.3, -0.25) is 4.79 Å². The van der Waals surface area contributed by atoms with Gasteiger partial charge in [-0.15, -0.1) is 0 Å². The fourth-order valence-corrected chi connectivity index (χ4v) is 3.47. The molecule has 4 atom stereocenters. The molecular weight excluding hydrogens is 206 g/mol. The maximum absolute atomic E-state index is 11.3. The minimum absolute atomic E-state index is 0.0188. The highest BCUT2D eigenvalue weighted by atomic mass is 16.4. The number of hydrogen-bond acceptors (Lipinski definition) is 3. The number of aliphatic carboxylic acids is 1. The van der Waals surface area contributed by atoms with Gasteiger partial charge in [-0.25, -0.2) is 0 Å². The average molecular weight is 227 g/mol. The Kier molecular flexibility index (Phi) is 2.97. The number of carboxylic acids is 1. The lowest BCUT2D eigenvalue weighted by Crippen LogP contribution is -2.55. The Labute approximate surface area is 96.3 Å². The smallest absolute Gasteiger partial charge is 0.309 e. The van der Waals surface area contributed by atoms with Crippen LogP contribution in [0.3, 0.4) is 0 Å². The Hall–Kier alpha value is -0.610. The van der Waals surface area contributed by atoms with Crippen LogP contribution in [-0.4, -0.2) is 46.3 Å². The summed E-state index contributed by atoms with van der Waals surface area (Å²) in [5.74, 6) is -1.35. The van der Waals surface area contributed by atoms with E-state index in [1.165, 1.54) is 0 Å². The third-order valence-corrected chi connectivity index (χ3v) is 4.28. The highest BCUT2D eigenvalue weighted by molar-refractivity contribution is 5.72. The number of piperidine rings is 1. The molecule has 4 nitrogen and oxygen atoms in total. The second-order valence-corrected chi connectivity index (χ2v) is 5.59. The van der Waals surface area contributed by atoms with Gasteiger partial charge in [-0.1, -0.05) is 13.8 Å². The summed E-state index contributed by atoms with van der Waals surface area (Å²) in [6, 6.07) is 0. The fourth-order valence-electron chi connectivity index (χ4n) is 3.47. The maximum atomic E-state index is 11.3. The van der Waals surface area contributed by atoms with E-state index < -0.39 is 17.5 Å². The number of hydrogen-bond donors (Lipinski definition) is 2. The number of nitrogens with zero attached hydrogens (tertiary/aromatic N) is 1. The Morgan fingerprint density at radius 1 is 1.44 bits per heavy atom. The summed E-state index contributed by atoms with van der Waals surface area (Å²) in [4.78, 5) is 13.7. The molecule has 2 rings (SSSR count). The molecular formula is C12H21NO3. The molecule has 2 bridgehead atoms. The van der Waals surface area contributed by atoms with Crippen molar-refractivity contribution >= 4 is 5.97 Å². The maximum Gasteiger partial charge on any atom is 0.309 e. The molecule has 0 spiro atoms. The van der Waals surface area contributed by atoms with E-state index in [2.05, 4.69) is 4.90 Å². The third kappa shape index (κ3) is 1.74. The fraction of sp³-hybridized carbons (Fsp3) is 0.917. The zero-order valence-electron chi connectivity index (χ0n) is 10.0. The Bertz CT molecular complexity index is 292. The predicted molar refractivity (Wildman–Crippen MR) is 60.1 cm³/mol. The van der Waals surface area contributed by atoms with E-state index in [0.717, 1.165) is 26.1 Å². The topological polar surface area (TPSA) is 60.8 Å². The second-order valence-electron chi connectivity index (χ2n) is 5.59. The number of aliphatic hydroxyl groups is 1. The molecule has 2 aliphatic rings. The second kappa shape index (κ2) is 4.00. The highest BCUT2D eigenvalue weighted by Gasteiger charge is 2.53. The van der Waals surface area contributed by atoms with E-state index in [4.69, 9.17) is 0 Å². The molecule has 2 N–H and O–H groups in total. The Morgan fingerprint density at radius 3 is 2.69 bits per heavy atom. The number of rotatable bonds is 3. The molecule has 0 aromatic rings. The summed E-state index contributed by atoms with van der Waals surface area (Å²) in [7, 11) is 0. The van der Waals surface area contributed by atoms with E-state index in [1.54, 1.807) is 0 Å². The van der Waals surface area contributed by atoms with Gasteiger partial charge in [-0.2, -0.15) is 0 Å². The van der Waals surface area contributed by atoms with Gasteiger partial charge in [0.1, 0.15) is 0 Å². The predicted octanol–water partition coefficient (Wildman–Crippen LogP) is 0.800. The first kappa shape index (κ1) is 11.9. The molecule has 2 saturated heterocycles. The molecule has 0 amide bonds. The minimum Gasteiger partial charge on any atom is -0.481 e. The van der Waals surface area contributed by atoms with Crippen molar-refractivity contribution in [3.05, 3.63) is 0 Å². The number of carbonyl (C=O) groups is 1. The van der Waals surface area contributed by atoms with Gasteiger partial charge in [-0.05, 0) is 25.3 Å². The lowest BCUT2D eigenvalue weighted by Gasteiger charge is -2.44. The summed E-state index contributed by atoms with van der Waals surface area (Å²) >= 11 is 0. The molecule has 0 aromatic carbocycles. The van der Waals surface area contributed by atoms with Crippen molar-refractivity contribution in [2.24, 2.45) is 17.8 Å². The van der Waals surface area contributed by atoms with Gasteiger partial charge < -0.3 is 15.1 Å². The van der Waals surface area contributed by atoms with Crippen molar-refractivity contribution in [1.29, 1.82) is 0 Å². The molecule has 0 aliphatic carbocycles. The average Bonchev–Trinajstić information content (AvgIpc) is 2.56. The summed E-state index contributed by atoms with van der Waals surface area (Å²) in [5.41, 5.74) is -0.993. The molecule has 2 heterocycles. The van der Waals surface area contributed by atoms with Crippen molar-refractivity contribution in [2.75, 3.05) is 19.6 Å². The van der Waals surface area contributed by atoms with Crippen LogP contribution in [-0.2, 0) is 4.79 Å². The summed E-state index contributed by atoms with van der Waals surface area (Å²) in [6.45, 7) is 6.49. The Morgan fingerprint density at radius 2 is 2.12 bits per heavy atom. The summed E-state index contributed by atoms with van der Waals surface area (Å²) in [5, 5.41) is 20.1. The van der Waals surface area contributed by atoms with Crippen molar-refractivity contribution < 1.29 is 15.0 Å². The van der Waals surface area contributed by atoms with Gasteiger partial charge in [0.05, 0.1) is 11.5 Å². The van der Waals surface area contributed by atoms with Crippen LogP contribution in [0.5, 0.6) is 0 Å². The molecule has 2 fully saturated rings. The molecule has 0 saturated carbocycles. The molecule has 16 heavy (non-hydrogen) atoms. The van der Waals surface area contributed by atoms with Crippen LogP contribution in [0.25, 0.3) is 0 Å². The molecule has 0 radical (unpaired) electrons. The van der Waals surface area contributed by atoms with Crippen LogP contribution in [0.1, 0.15) is 26.7 Å². The molecule has 2 aliphatic heterocycles. The first-order valence-electron chi connectivity index (χ1n) is 6.12. The summed E-state index contributed by atoms with van der Waals surface area (Å²) in [6.07, 6.45) is 1.54. The highest BCUT2D eigenvalue weighted by Crippen LogP contribution is 2.43. The van der Waals surface area contributed by atoms with E-state index in [1.807, 2.05) is 13.8 Å². The lowest BCUT2D eigenvalue weighted by molar-refractivity contribution is -0.165. The molecule has 4 unspecified atom stereocenters. The molecule has 0 aromatic heterocycles. The first-order valence-corrected chi connectivity index (χ1v) is 6.12. The zero-order valence-corrected chi connectivity index (χ0v) is 10.0. The molecule has 92 valence electrons. The standard InChI is InChI=1S/C12H21NO3/c1-8(2)10(11(14)15)12(16)4-6-13-5-3-9(12)7-13/h8-10,16H,3-7H2,1-2H3,(H,14,15). The SMILES string of the molecule is CC(C)C(C(=O)O)C1(O)CCN2CCC1C2. The van der Waals surface area contributed by atoms with Gasteiger partial charge in [0.25, 0.3) is 0 Å². The van der Waals surface area contributed by atoms with Crippen LogP contribution in [0.15, 0.2) is 0 Å². The van der Waals surface area contributed by atoms with Crippen LogP contribution in [0.4, 0.5) is 0 Å². The molecule has 4 heteroatoms. The number of fused-ring (bicyclic) bond motifs is 2. The zero-order chi connectivity index (χ0) is 11.9. The van der Waals surface area contributed by atoms with Crippen LogP contribution >= 0.6 is 0 Å². The monoisotopic (exact) mass is 227 g/mol. The van der Waals surface area contributed by atoms with Gasteiger partial charge in [0.15, 0.2) is 0 Å². The van der Waals surface area contributed by atoms with E-state index in [0.29, 0.717) is 6.42 Å². The quantitative estimate of drug-likeness (QED) is 0.748. The van der Waals surface area contributed by atoms with Crippen molar-refractivity contribution in [2.45, 2.75) is 32.3 Å². The van der Waals surface area contributed by atoms with Gasteiger partial charge in [0, 0.05) is 19.0 Å². The van der Waals surface area contributed by atoms with Crippen molar-refractivity contribution in [3.8, 4) is 0 Å². The van der Waals surface area contributed by atoms with Crippen LogP contribution < -0.4 is 0 Å². The summed E-state index contributed by atoms with van der Waals surface area (Å²) < 4.78 is 0. The van der Waals surface area contributed by atoms with Crippen LogP contribution in [0.2, 0.25) is 0 Å². The van der Waals surface area contributed by atoms with Gasteiger partial charge in [0.2, 0.25) is 0 Å². The normalized spacial score (nSPS) is 40.0. The van der Waals surface area contributed by atoms with E-state index in [-0.39, 0.29) is 11.8 Å². The first-order chi connectivity index (χ1) is 7.45. The minimum atomic E-state index is -0.993. The third-order valence-electron chi connectivity index (χ3n) is 4.28. The van der Waals surface area contributed by atoms with E-state index in [9.17, 15) is 15.0 Å². The van der Waals surface area contributed by atoms with Crippen LogP contribution in [0, 0.1) is 17.8 Å². The van der Waals surface area contributed by atoms with Gasteiger partial charge >= 0.3 is 5.97 Å². The number of carboxylic acid groups (broad SMARTS) is 1. The Balaban J connectivity index is 2.24. The van der Waals surface area contributed by atoms with Crippen molar-refractivity contribution in [1.82, 2.24) is 4.90 Å². The largest absolute Gasteiger partial charge is 0.481 e.